The molecule has 2 aliphatic rings. The van der Waals surface area contributed by atoms with Crippen molar-refractivity contribution in [1.82, 2.24) is 10.2 Å². The van der Waals surface area contributed by atoms with Gasteiger partial charge in [0.25, 0.3) is 0 Å². The zero-order chi connectivity index (χ0) is 11.3. The number of nitrogens with one attached hydrogen (secondary N) is 1. The van der Waals surface area contributed by atoms with Crippen LogP contribution in [0.15, 0.2) is 0 Å². The predicted octanol–water partition coefficient (Wildman–Crippen LogP) is 2.23. The minimum Gasteiger partial charge on any atom is -0.341 e. The Hall–Kier alpha value is -0.730. The molecule has 0 spiro atoms. The Morgan fingerprint density at radius 2 is 2.00 bits per heavy atom. The van der Waals surface area contributed by atoms with Crippen molar-refractivity contribution in [3.63, 3.8) is 0 Å². The Kier molecular flexibility index (Phi) is 2.25. The average Bonchev–Trinajstić information content (AvgIpc) is 2.33. The molecule has 2 fully saturated rings. The first-order chi connectivity index (χ1) is 6.85. The summed E-state index contributed by atoms with van der Waals surface area (Å²) in [6.07, 6.45) is 3.57. The highest BCUT2D eigenvalue weighted by Gasteiger charge is 2.50. The summed E-state index contributed by atoms with van der Waals surface area (Å²) in [4.78, 5) is 13.8. The van der Waals surface area contributed by atoms with Gasteiger partial charge in [-0.15, -0.1) is 0 Å². The van der Waals surface area contributed by atoms with Crippen LogP contribution in [0, 0.1) is 10.8 Å². The molecule has 1 heterocycles. The second-order valence-electron chi connectivity index (χ2n) is 6.40. The van der Waals surface area contributed by atoms with Crippen LogP contribution in [0.3, 0.4) is 0 Å². The van der Waals surface area contributed by atoms with E-state index in [1.807, 2.05) is 4.90 Å². The Morgan fingerprint density at radius 1 is 1.33 bits per heavy atom. The number of nitrogens with zero attached hydrogens (tertiary/aromatic N) is 1. The molecule has 0 aromatic carbocycles. The van der Waals surface area contributed by atoms with E-state index in [0.29, 0.717) is 16.9 Å². The number of carbonyl (C=O) groups excluding carboxylic acids is 1. The molecule has 1 aliphatic carbocycles. The third-order valence-corrected chi connectivity index (χ3v) is 3.89. The van der Waals surface area contributed by atoms with E-state index in [9.17, 15) is 4.79 Å². The van der Waals surface area contributed by atoms with Crippen LogP contribution in [0.2, 0.25) is 0 Å². The van der Waals surface area contributed by atoms with E-state index in [1.54, 1.807) is 7.05 Å². The maximum Gasteiger partial charge on any atom is 0.317 e. The Morgan fingerprint density at radius 3 is 2.60 bits per heavy atom. The van der Waals surface area contributed by atoms with Crippen molar-refractivity contribution < 1.29 is 4.79 Å². The summed E-state index contributed by atoms with van der Waals surface area (Å²) in [5, 5.41) is 2.75. The minimum absolute atomic E-state index is 0.0985. The molecule has 2 bridgehead atoms. The Balaban J connectivity index is 2.20. The minimum atomic E-state index is 0.0985. The molecule has 86 valence electrons. The number of likely N-dealkylation sites (tertiary alicyclic amines) is 1. The van der Waals surface area contributed by atoms with Gasteiger partial charge in [0.15, 0.2) is 0 Å². The summed E-state index contributed by atoms with van der Waals surface area (Å²) in [6, 6.07) is 0.556. The van der Waals surface area contributed by atoms with Crippen molar-refractivity contribution in [1.29, 1.82) is 0 Å². The largest absolute Gasteiger partial charge is 0.341 e. The van der Waals surface area contributed by atoms with Crippen LogP contribution < -0.4 is 5.32 Å². The SMILES string of the molecule is CNC(=O)N1CC2(C)CC1CC(C)(C)C2. The van der Waals surface area contributed by atoms with E-state index in [2.05, 4.69) is 26.1 Å². The molecule has 2 amide bonds. The molecule has 3 nitrogen and oxygen atoms in total. The number of rotatable bonds is 0. The number of carbonyl (C=O) groups is 1. The van der Waals surface area contributed by atoms with Crippen molar-refractivity contribution in [2.24, 2.45) is 10.8 Å². The maximum atomic E-state index is 11.7. The van der Waals surface area contributed by atoms with E-state index in [1.165, 1.54) is 12.8 Å². The smallest absolute Gasteiger partial charge is 0.317 e. The summed E-state index contributed by atoms with van der Waals surface area (Å²) >= 11 is 0. The molecule has 1 N–H and O–H groups in total. The highest BCUT2D eigenvalue weighted by Crippen LogP contribution is 2.52. The van der Waals surface area contributed by atoms with Gasteiger partial charge in [-0.25, -0.2) is 4.79 Å². The fourth-order valence-electron chi connectivity index (χ4n) is 3.84. The first-order valence-corrected chi connectivity index (χ1v) is 5.84. The quantitative estimate of drug-likeness (QED) is 0.653. The van der Waals surface area contributed by atoms with Gasteiger partial charge in [-0.1, -0.05) is 20.8 Å². The summed E-state index contributed by atoms with van der Waals surface area (Å²) in [5.41, 5.74) is 0.735. The van der Waals surface area contributed by atoms with E-state index in [4.69, 9.17) is 0 Å². The summed E-state index contributed by atoms with van der Waals surface area (Å²) in [7, 11) is 1.72. The standard InChI is InChI=1S/C12H22N2O/c1-11(2)5-9-6-12(3,7-11)8-14(9)10(15)13-4/h9H,5-8H2,1-4H3,(H,13,15). The van der Waals surface area contributed by atoms with Gasteiger partial charge in [0.2, 0.25) is 0 Å². The highest BCUT2D eigenvalue weighted by molar-refractivity contribution is 5.74. The molecule has 0 aromatic rings. The number of fused-ring (bicyclic) bond motifs is 2. The average molecular weight is 210 g/mol. The fourth-order valence-corrected chi connectivity index (χ4v) is 3.84. The van der Waals surface area contributed by atoms with Gasteiger partial charge in [-0.3, -0.25) is 0 Å². The van der Waals surface area contributed by atoms with Gasteiger partial charge < -0.3 is 10.2 Å². The van der Waals surface area contributed by atoms with Gasteiger partial charge in [0.05, 0.1) is 0 Å². The molecule has 2 unspecified atom stereocenters. The fraction of sp³-hybridized carbons (Fsp3) is 0.917. The number of amides is 2. The Labute approximate surface area is 92.2 Å². The summed E-state index contributed by atoms with van der Waals surface area (Å²) in [5.74, 6) is 0. The molecule has 1 aliphatic heterocycles. The van der Waals surface area contributed by atoms with Crippen LogP contribution in [0.25, 0.3) is 0 Å². The van der Waals surface area contributed by atoms with Crippen molar-refractivity contribution in [2.75, 3.05) is 13.6 Å². The van der Waals surface area contributed by atoms with E-state index in [-0.39, 0.29) is 6.03 Å². The molecule has 3 heteroatoms. The first-order valence-electron chi connectivity index (χ1n) is 5.84. The molecular weight excluding hydrogens is 188 g/mol. The van der Waals surface area contributed by atoms with Crippen LogP contribution in [0.5, 0.6) is 0 Å². The van der Waals surface area contributed by atoms with Crippen LogP contribution in [-0.4, -0.2) is 30.6 Å². The molecule has 2 rings (SSSR count). The maximum absolute atomic E-state index is 11.7. The van der Waals surface area contributed by atoms with Gasteiger partial charge in [0, 0.05) is 19.6 Å². The molecule has 2 atom stereocenters. The summed E-state index contributed by atoms with van der Waals surface area (Å²) in [6.45, 7) is 7.90. The molecular formula is C12H22N2O. The second kappa shape index (κ2) is 3.13. The monoisotopic (exact) mass is 210 g/mol. The highest BCUT2D eigenvalue weighted by atomic mass is 16.2. The third-order valence-electron chi connectivity index (χ3n) is 3.89. The molecule has 0 aromatic heterocycles. The van der Waals surface area contributed by atoms with Crippen LogP contribution in [0.1, 0.15) is 40.0 Å². The number of urea groups is 1. The van der Waals surface area contributed by atoms with Crippen molar-refractivity contribution in [3.05, 3.63) is 0 Å². The lowest BCUT2D eigenvalue weighted by atomic mass is 9.65. The van der Waals surface area contributed by atoms with Gasteiger partial charge in [-0.05, 0) is 30.1 Å². The van der Waals surface area contributed by atoms with Gasteiger partial charge in [-0.2, -0.15) is 0 Å². The van der Waals surface area contributed by atoms with Crippen LogP contribution in [-0.2, 0) is 0 Å². The molecule has 0 radical (unpaired) electrons. The zero-order valence-electron chi connectivity index (χ0n) is 10.3. The van der Waals surface area contributed by atoms with Crippen molar-refractivity contribution in [3.8, 4) is 0 Å². The lowest BCUT2D eigenvalue weighted by molar-refractivity contribution is 0.129. The van der Waals surface area contributed by atoms with E-state index in [0.717, 1.165) is 13.0 Å². The third kappa shape index (κ3) is 1.84. The normalized spacial score (nSPS) is 37.9. The van der Waals surface area contributed by atoms with Gasteiger partial charge in [0.1, 0.15) is 0 Å². The molecule has 1 saturated heterocycles. The predicted molar refractivity (Wildman–Crippen MR) is 60.7 cm³/mol. The van der Waals surface area contributed by atoms with E-state index < -0.39 is 0 Å². The molecule has 1 saturated carbocycles. The number of hydrogen-bond donors (Lipinski definition) is 1. The molecule has 15 heavy (non-hydrogen) atoms. The van der Waals surface area contributed by atoms with Crippen molar-refractivity contribution in [2.45, 2.75) is 46.1 Å². The van der Waals surface area contributed by atoms with E-state index >= 15 is 0 Å². The summed E-state index contributed by atoms with van der Waals surface area (Å²) < 4.78 is 0. The van der Waals surface area contributed by atoms with Crippen LogP contribution >= 0.6 is 0 Å². The second-order valence-corrected chi connectivity index (χ2v) is 6.40. The van der Waals surface area contributed by atoms with Gasteiger partial charge >= 0.3 is 6.03 Å². The lowest BCUT2D eigenvalue weighted by Gasteiger charge is -2.39. The number of hydrogen-bond acceptors (Lipinski definition) is 1. The van der Waals surface area contributed by atoms with Crippen LogP contribution in [0.4, 0.5) is 4.79 Å². The Bertz CT molecular complexity index is 287. The first kappa shape index (κ1) is 10.8. The lowest BCUT2D eigenvalue weighted by Crippen LogP contribution is -2.42. The topological polar surface area (TPSA) is 32.3 Å². The van der Waals surface area contributed by atoms with Crippen molar-refractivity contribution >= 4 is 6.03 Å². The zero-order valence-corrected chi connectivity index (χ0v) is 10.3.